The highest BCUT2D eigenvalue weighted by molar-refractivity contribution is 7.22. The number of halogens is 1. The molecule has 2 aromatic heterocycles. The van der Waals surface area contributed by atoms with Crippen LogP contribution in [-0.4, -0.2) is 46.4 Å². The first-order chi connectivity index (χ1) is 16.0. The lowest BCUT2D eigenvalue weighted by Gasteiger charge is -2.16. The van der Waals surface area contributed by atoms with Crippen LogP contribution in [0.25, 0.3) is 21.1 Å². The van der Waals surface area contributed by atoms with Crippen molar-refractivity contribution in [3.8, 4) is 5.75 Å². The summed E-state index contributed by atoms with van der Waals surface area (Å²) in [4.78, 5) is 34.6. The molecule has 4 aromatic rings. The number of thiazole rings is 1. The fourth-order valence-corrected chi connectivity index (χ4v) is 5.10. The Kier molecular flexibility index (Phi) is 5.72. The Morgan fingerprint density at radius 2 is 2.21 bits per heavy atom. The summed E-state index contributed by atoms with van der Waals surface area (Å²) in [7, 11) is 0. The van der Waals surface area contributed by atoms with Gasteiger partial charge in [0, 0.05) is 36.6 Å². The largest absolute Gasteiger partial charge is 0.494 e. The standard InChI is InChI=1S/C24H23FN4O3S/c1-2-32-17-4-6-20-21(11-17)33-24(27-20)28-23(31)15-9-22(30)29(13-15)8-7-14-12-26-19-5-3-16(25)10-18(14)19/h3-6,10-12,15,26H,2,7-9,13H2,1H3,(H,27,28,31). The maximum absolute atomic E-state index is 13.6. The van der Waals surface area contributed by atoms with Crippen LogP contribution in [0.4, 0.5) is 9.52 Å². The maximum atomic E-state index is 13.6. The van der Waals surface area contributed by atoms with E-state index < -0.39 is 5.92 Å². The van der Waals surface area contributed by atoms with Gasteiger partial charge in [-0.25, -0.2) is 9.37 Å². The van der Waals surface area contributed by atoms with Crippen LogP contribution in [0, 0.1) is 11.7 Å². The molecule has 1 fully saturated rings. The summed E-state index contributed by atoms with van der Waals surface area (Å²) in [6.07, 6.45) is 2.61. The summed E-state index contributed by atoms with van der Waals surface area (Å²) in [5, 5.41) is 4.20. The number of amides is 2. The molecule has 0 saturated carbocycles. The zero-order chi connectivity index (χ0) is 22.9. The van der Waals surface area contributed by atoms with Crippen molar-refractivity contribution in [2.24, 2.45) is 5.92 Å². The van der Waals surface area contributed by atoms with Crippen LogP contribution in [-0.2, 0) is 16.0 Å². The molecule has 1 atom stereocenters. The van der Waals surface area contributed by atoms with E-state index in [2.05, 4.69) is 15.3 Å². The van der Waals surface area contributed by atoms with Gasteiger partial charge in [-0.1, -0.05) is 11.3 Å². The number of H-pyrrole nitrogens is 1. The molecule has 0 aliphatic carbocycles. The molecule has 0 radical (unpaired) electrons. The average Bonchev–Trinajstić information content (AvgIpc) is 3.48. The monoisotopic (exact) mass is 466 g/mol. The Labute approximate surface area is 193 Å². The number of carbonyl (C=O) groups excluding carboxylic acids is 2. The number of nitrogens with zero attached hydrogens (tertiary/aromatic N) is 2. The van der Waals surface area contributed by atoms with E-state index in [9.17, 15) is 14.0 Å². The third kappa shape index (κ3) is 4.41. The number of likely N-dealkylation sites (tertiary alicyclic amines) is 1. The van der Waals surface area contributed by atoms with Gasteiger partial charge in [0.1, 0.15) is 11.6 Å². The molecule has 7 nitrogen and oxygen atoms in total. The van der Waals surface area contributed by atoms with Gasteiger partial charge in [0.05, 0.1) is 22.7 Å². The summed E-state index contributed by atoms with van der Waals surface area (Å²) in [6, 6.07) is 10.2. The number of hydrogen-bond donors (Lipinski definition) is 2. The van der Waals surface area contributed by atoms with E-state index >= 15 is 0 Å². The first-order valence-corrected chi connectivity index (χ1v) is 11.7. The fraction of sp³-hybridized carbons (Fsp3) is 0.292. The smallest absolute Gasteiger partial charge is 0.231 e. The second kappa shape index (κ2) is 8.82. The molecule has 1 aliphatic rings. The van der Waals surface area contributed by atoms with Crippen molar-refractivity contribution in [3.63, 3.8) is 0 Å². The number of benzene rings is 2. The molecule has 33 heavy (non-hydrogen) atoms. The summed E-state index contributed by atoms with van der Waals surface area (Å²) in [5.74, 6) is -0.206. The molecular formula is C24H23FN4O3S. The van der Waals surface area contributed by atoms with Crippen LogP contribution in [0.1, 0.15) is 18.9 Å². The van der Waals surface area contributed by atoms with Gasteiger partial charge in [0.2, 0.25) is 11.8 Å². The van der Waals surface area contributed by atoms with Crippen molar-refractivity contribution < 1.29 is 18.7 Å². The molecule has 2 N–H and O–H groups in total. The van der Waals surface area contributed by atoms with E-state index in [1.165, 1.54) is 23.5 Å². The molecule has 0 bridgehead atoms. The van der Waals surface area contributed by atoms with Gasteiger partial charge in [-0.15, -0.1) is 0 Å². The second-order valence-corrected chi connectivity index (χ2v) is 9.10. The van der Waals surface area contributed by atoms with E-state index in [-0.39, 0.29) is 24.1 Å². The molecule has 3 heterocycles. The van der Waals surface area contributed by atoms with Gasteiger partial charge in [-0.3, -0.25) is 9.59 Å². The zero-order valence-electron chi connectivity index (χ0n) is 18.1. The van der Waals surface area contributed by atoms with Gasteiger partial charge in [-0.2, -0.15) is 0 Å². The molecule has 2 amide bonds. The van der Waals surface area contributed by atoms with Crippen molar-refractivity contribution >= 4 is 49.4 Å². The molecule has 1 saturated heterocycles. The quantitative estimate of drug-likeness (QED) is 0.424. The van der Waals surface area contributed by atoms with Crippen LogP contribution < -0.4 is 10.1 Å². The number of anilines is 1. The molecule has 0 spiro atoms. The number of nitrogens with one attached hydrogen (secondary N) is 2. The van der Waals surface area contributed by atoms with Crippen molar-refractivity contribution in [3.05, 3.63) is 54.0 Å². The summed E-state index contributed by atoms with van der Waals surface area (Å²) in [5.41, 5.74) is 2.60. The van der Waals surface area contributed by atoms with Gasteiger partial charge >= 0.3 is 0 Å². The third-order valence-corrected chi connectivity index (χ3v) is 6.80. The summed E-state index contributed by atoms with van der Waals surface area (Å²) in [6.45, 7) is 3.35. The number of rotatable bonds is 7. The van der Waals surface area contributed by atoms with Crippen LogP contribution >= 0.6 is 11.3 Å². The Bertz CT molecular complexity index is 1350. The Hall–Kier alpha value is -3.46. The highest BCUT2D eigenvalue weighted by Crippen LogP contribution is 2.30. The molecule has 5 rings (SSSR count). The lowest BCUT2D eigenvalue weighted by molar-refractivity contribution is -0.128. The number of hydrogen-bond acceptors (Lipinski definition) is 5. The number of aromatic amines is 1. The van der Waals surface area contributed by atoms with Crippen LogP contribution in [0.15, 0.2) is 42.6 Å². The van der Waals surface area contributed by atoms with Crippen molar-refractivity contribution in [2.75, 3.05) is 25.0 Å². The van der Waals surface area contributed by atoms with Gasteiger partial charge in [0.15, 0.2) is 5.13 Å². The fourth-order valence-electron chi connectivity index (χ4n) is 4.20. The minimum Gasteiger partial charge on any atom is -0.494 e. The van der Waals surface area contributed by atoms with E-state index in [4.69, 9.17) is 4.74 Å². The van der Waals surface area contributed by atoms with E-state index in [0.29, 0.717) is 31.2 Å². The molecule has 1 unspecified atom stereocenters. The zero-order valence-corrected chi connectivity index (χ0v) is 18.9. The Morgan fingerprint density at radius 3 is 3.06 bits per heavy atom. The molecule has 1 aliphatic heterocycles. The summed E-state index contributed by atoms with van der Waals surface area (Å²) >= 11 is 1.38. The van der Waals surface area contributed by atoms with Gasteiger partial charge in [0.25, 0.3) is 0 Å². The second-order valence-electron chi connectivity index (χ2n) is 8.07. The first kappa shape index (κ1) is 21.4. The van der Waals surface area contributed by atoms with Crippen LogP contribution in [0.5, 0.6) is 5.75 Å². The van der Waals surface area contributed by atoms with Crippen LogP contribution in [0.2, 0.25) is 0 Å². The maximum Gasteiger partial charge on any atom is 0.231 e. The lowest BCUT2D eigenvalue weighted by Crippen LogP contribution is -2.29. The number of carbonyl (C=O) groups is 2. The highest BCUT2D eigenvalue weighted by Gasteiger charge is 2.34. The number of ether oxygens (including phenoxy) is 1. The topological polar surface area (TPSA) is 87.3 Å². The SMILES string of the molecule is CCOc1ccc2nc(NC(=O)C3CC(=O)N(CCc4c[nH]c5ccc(F)cc45)C3)sc2c1. The predicted octanol–water partition coefficient (Wildman–Crippen LogP) is 4.35. The Balaban J connectivity index is 1.21. The van der Waals surface area contributed by atoms with Crippen molar-refractivity contribution in [1.82, 2.24) is 14.9 Å². The van der Waals surface area contributed by atoms with Gasteiger partial charge < -0.3 is 19.9 Å². The average molecular weight is 467 g/mol. The van der Waals surface area contributed by atoms with Crippen molar-refractivity contribution in [2.45, 2.75) is 19.8 Å². The van der Waals surface area contributed by atoms with E-state index in [0.717, 1.165) is 32.4 Å². The number of fused-ring (bicyclic) bond motifs is 2. The minimum absolute atomic E-state index is 0.0492. The molecule has 9 heteroatoms. The molecule has 170 valence electrons. The minimum atomic E-state index is -0.427. The normalized spacial score (nSPS) is 16.1. The summed E-state index contributed by atoms with van der Waals surface area (Å²) < 4.78 is 20.0. The third-order valence-electron chi connectivity index (χ3n) is 5.87. The highest BCUT2D eigenvalue weighted by atomic mass is 32.1. The first-order valence-electron chi connectivity index (χ1n) is 10.9. The molecular weight excluding hydrogens is 443 g/mol. The van der Waals surface area contributed by atoms with Crippen LogP contribution in [0.3, 0.4) is 0 Å². The lowest BCUT2D eigenvalue weighted by atomic mass is 10.1. The van der Waals surface area contributed by atoms with E-state index in [1.54, 1.807) is 11.0 Å². The van der Waals surface area contributed by atoms with Gasteiger partial charge in [-0.05, 0) is 55.3 Å². The Morgan fingerprint density at radius 1 is 1.33 bits per heavy atom. The molecule has 2 aromatic carbocycles. The van der Waals surface area contributed by atoms with E-state index in [1.807, 2.05) is 31.3 Å². The number of aromatic nitrogens is 2. The van der Waals surface area contributed by atoms with Crippen molar-refractivity contribution in [1.29, 1.82) is 0 Å². The predicted molar refractivity (Wildman–Crippen MR) is 126 cm³/mol.